The lowest BCUT2D eigenvalue weighted by molar-refractivity contribution is -0.385. The first-order valence-corrected chi connectivity index (χ1v) is 4.54. The van der Waals surface area contributed by atoms with E-state index in [2.05, 4.69) is 0 Å². The predicted molar refractivity (Wildman–Crippen MR) is 51.6 cm³/mol. The van der Waals surface area contributed by atoms with Crippen molar-refractivity contribution in [2.75, 3.05) is 7.11 Å². The quantitative estimate of drug-likeness (QED) is 0.547. The highest BCUT2D eigenvalue weighted by atomic mass is 16.6. The summed E-state index contributed by atoms with van der Waals surface area (Å²) in [4.78, 5) is 10.3. The highest BCUT2D eigenvalue weighted by molar-refractivity contribution is 5.50. The van der Waals surface area contributed by atoms with Gasteiger partial charge in [0.2, 0.25) is 0 Å². The molecule has 0 N–H and O–H groups in total. The summed E-state index contributed by atoms with van der Waals surface area (Å²) in [6.45, 7) is 0. The molecule has 1 aromatic rings. The number of nitro groups is 1. The minimum atomic E-state index is -0.398. The largest absolute Gasteiger partial charge is 0.490 e. The summed E-state index contributed by atoms with van der Waals surface area (Å²) < 4.78 is 4.92. The molecule has 4 nitrogen and oxygen atoms in total. The van der Waals surface area contributed by atoms with Gasteiger partial charge in [0, 0.05) is 6.07 Å². The fraction of sp³-hybridized carbons (Fsp3) is 0.400. The zero-order valence-corrected chi connectivity index (χ0v) is 7.90. The molecule has 0 bridgehead atoms. The highest BCUT2D eigenvalue weighted by Crippen LogP contribution is 2.42. The maximum absolute atomic E-state index is 10.7. The third-order valence-electron chi connectivity index (χ3n) is 2.45. The van der Waals surface area contributed by atoms with Gasteiger partial charge in [-0.3, -0.25) is 10.1 Å². The Hall–Kier alpha value is -1.58. The van der Waals surface area contributed by atoms with Gasteiger partial charge in [-0.1, -0.05) is 6.07 Å². The summed E-state index contributed by atoms with van der Waals surface area (Å²) in [5.74, 6) is 0.860. The Labute approximate surface area is 81.7 Å². The van der Waals surface area contributed by atoms with E-state index < -0.39 is 4.92 Å². The van der Waals surface area contributed by atoms with Crippen LogP contribution in [0.4, 0.5) is 5.69 Å². The predicted octanol–water partition coefficient (Wildman–Crippen LogP) is 2.48. The van der Waals surface area contributed by atoms with Crippen molar-refractivity contribution < 1.29 is 9.66 Å². The molecule has 0 spiro atoms. The Morgan fingerprint density at radius 3 is 2.71 bits per heavy atom. The Balaban J connectivity index is 2.40. The number of hydrogen-bond acceptors (Lipinski definition) is 3. The van der Waals surface area contributed by atoms with E-state index in [4.69, 9.17) is 4.74 Å². The molecule has 1 aromatic carbocycles. The topological polar surface area (TPSA) is 52.4 Å². The van der Waals surface area contributed by atoms with Crippen LogP contribution in [0.3, 0.4) is 0 Å². The third kappa shape index (κ3) is 1.55. The molecule has 0 atom stereocenters. The third-order valence-corrected chi connectivity index (χ3v) is 2.45. The van der Waals surface area contributed by atoms with Gasteiger partial charge < -0.3 is 4.74 Å². The van der Waals surface area contributed by atoms with Crippen molar-refractivity contribution in [3.8, 4) is 5.75 Å². The van der Waals surface area contributed by atoms with E-state index in [-0.39, 0.29) is 5.69 Å². The molecule has 0 radical (unpaired) electrons. The molecule has 4 heteroatoms. The van der Waals surface area contributed by atoms with Crippen molar-refractivity contribution in [1.29, 1.82) is 0 Å². The number of ether oxygens (including phenoxy) is 1. The van der Waals surface area contributed by atoms with Crippen LogP contribution in [0.2, 0.25) is 0 Å². The Bertz CT molecular complexity index is 372. The molecular weight excluding hydrogens is 182 g/mol. The fourth-order valence-electron chi connectivity index (χ4n) is 1.52. The zero-order chi connectivity index (χ0) is 10.1. The lowest BCUT2D eigenvalue weighted by Crippen LogP contribution is -1.94. The second-order valence-corrected chi connectivity index (χ2v) is 3.46. The van der Waals surface area contributed by atoms with Crippen LogP contribution >= 0.6 is 0 Å². The van der Waals surface area contributed by atoms with Crippen molar-refractivity contribution in [3.63, 3.8) is 0 Å². The number of nitrogens with zero attached hydrogens (tertiary/aromatic N) is 1. The first-order valence-electron chi connectivity index (χ1n) is 4.54. The molecule has 74 valence electrons. The van der Waals surface area contributed by atoms with Crippen molar-refractivity contribution in [2.24, 2.45) is 0 Å². The number of hydrogen-bond donors (Lipinski definition) is 0. The molecule has 2 rings (SSSR count). The molecule has 0 aliphatic heterocycles. The summed E-state index contributed by atoms with van der Waals surface area (Å²) in [6, 6.07) is 5.20. The fourth-order valence-corrected chi connectivity index (χ4v) is 1.52. The highest BCUT2D eigenvalue weighted by Gasteiger charge is 2.26. The van der Waals surface area contributed by atoms with Gasteiger partial charge in [0.25, 0.3) is 0 Å². The molecule has 1 saturated carbocycles. The lowest BCUT2D eigenvalue weighted by atomic mass is 10.1. The summed E-state index contributed by atoms with van der Waals surface area (Å²) in [5, 5.41) is 10.7. The van der Waals surface area contributed by atoms with Crippen LogP contribution in [0.15, 0.2) is 18.2 Å². The SMILES string of the molecule is COc1ccc(C2CC2)cc1[N+](=O)[O-]. The monoisotopic (exact) mass is 193 g/mol. The van der Waals surface area contributed by atoms with E-state index in [1.807, 2.05) is 6.07 Å². The standard InChI is InChI=1S/C10H11NO3/c1-14-10-5-4-8(7-2-3-7)6-9(10)11(12)13/h4-7H,2-3H2,1H3. The summed E-state index contributed by atoms with van der Waals surface area (Å²) >= 11 is 0. The van der Waals surface area contributed by atoms with Gasteiger partial charge in [0.15, 0.2) is 5.75 Å². The second kappa shape index (κ2) is 3.29. The van der Waals surface area contributed by atoms with Crippen LogP contribution in [-0.2, 0) is 0 Å². The van der Waals surface area contributed by atoms with E-state index in [0.717, 1.165) is 18.4 Å². The maximum Gasteiger partial charge on any atom is 0.311 e. The summed E-state index contributed by atoms with van der Waals surface area (Å²) in [6.07, 6.45) is 2.28. The minimum Gasteiger partial charge on any atom is -0.490 e. The number of methoxy groups -OCH3 is 1. The molecule has 0 saturated heterocycles. The van der Waals surface area contributed by atoms with Crippen LogP contribution in [0.1, 0.15) is 24.3 Å². The number of benzene rings is 1. The number of nitro benzene ring substituents is 1. The van der Waals surface area contributed by atoms with Crippen molar-refractivity contribution in [3.05, 3.63) is 33.9 Å². The molecule has 14 heavy (non-hydrogen) atoms. The summed E-state index contributed by atoms with van der Waals surface area (Å²) in [5.41, 5.74) is 1.12. The van der Waals surface area contributed by atoms with Gasteiger partial charge in [-0.25, -0.2) is 0 Å². The van der Waals surface area contributed by atoms with Crippen molar-refractivity contribution >= 4 is 5.69 Å². The average molecular weight is 193 g/mol. The average Bonchev–Trinajstić information content (AvgIpc) is 3.00. The molecule has 0 heterocycles. The lowest BCUT2D eigenvalue weighted by Gasteiger charge is -2.03. The molecule has 1 fully saturated rings. The first kappa shape index (κ1) is 8.99. The Morgan fingerprint density at radius 1 is 1.50 bits per heavy atom. The van der Waals surface area contributed by atoms with Crippen LogP contribution in [0, 0.1) is 10.1 Å². The van der Waals surface area contributed by atoms with Gasteiger partial charge in [-0.2, -0.15) is 0 Å². The van der Waals surface area contributed by atoms with Gasteiger partial charge in [-0.05, 0) is 30.4 Å². The van der Waals surface area contributed by atoms with Crippen LogP contribution in [0.25, 0.3) is 0 Å². The van der Waals surface area contributed by atoms with Crippen molar-refractivity contribution in [2.45, 2.75) is 18.8 Å². The Morgan fingerprint density at radius 2 is 2.21 bits per heavy atom. The molecule has 0 unspecified atom stereocenters. The van der Waals surface area contributed by atoms with Gasteiger partial charge >= 0.3 is 5.69 Å². The van der Waals surface area contributed by atoms with Crippen LogP contribution in [-0.4, -0.2) is 12.0 Å². The van der Waals surface area contributed by atoms with Crippen LogP contribution < -0.4 is 4.74 Å². The Kier molecular flexibility index (Phi) is 2.11. The molecule has 0 aromatic heterocycles. The molecular formula is C10H11NO3. The van der Waals surface area contributed by atoms with E-state index in [1.165, 1.54) is 7.11 Å². The van der Waals surface area contributed by atoms with E-state index in [0.29, 0.717) is 11.7 Å². The normalized spacial score (nSPS) is 15.2. The zero-order valence-electron chi connectivity index (χ0n) is 7.90. The maximum atomic E-state index is 10.7. The molecule has 1 aliphatic carbocycles. The smallest absolute Gasteiger partial charge is 0.311 e. The first-order chi connectivity index (χ1) is 6.72. The van der Waals surface area contributed by atoms with E-state index >= 15 is 0 Å². The van der Waals surface area contributed by atoms with E-state index in [1.54, 1.807) is 12.1 Å². The van der Waals surface area contributed by atoms with Gasteiger partial charge in [0.1, 0.15) is 0 Å². The summed E-state index contributed by atoms with van der Waals surface area (Å²) in [7, 11) is 1.44. The van der Waals surface area contributed by atoms with Gasteiger partial charge in [0.05, 0.1) is 12.0 Å². The number of rotatable bonds is 3. The molecule has 0 amide bonds. The van der Waals surface area contributed by atoms with Crippen LogP contribution in [0.5, 0.6) is 5.75 Å². The second-order valence-electron chi connectivity index (χ2n) is 3.46. The molecule has 1 aliphatic rings. The van der Waals surface area contributed by atoms with Gasteiger partial charge in [-0.15, -0.1) is 0 Å². The van der Waals surface area contributed by atoms with Crippen molar-refractivity contribution in [1.82, 2.24) is 0 Å². The van der Waals surface area contributed by atoms with E-state index in [9.17, 15) is 10.1 Å². The minimum absolute atomic E-state index is 0.0666.